The molecule has 1 aromatic rings. The van der Waals surface area contributed by atoms with Gasteiger partial charge in [0.15, 0.2) is 5.78 Å². The molecular formula is C13H16O3. The van der Waals surface area contributed by atoms with E-state index in [0.717, 1.165) is 5.56 Å². The van der Waals surface area contributed by atoms with E-state index >= 15 is 0 Å². The van der Waals surface area contributed by atoms with Crippen LogP contribution in [0.15, 0.2) is 18.2 Å². The van der Waals surface area contributed by atoms with Gasteiger partial charge in [-0.1, -0.05) is 32.4 Å². The van der Waals surface area contributed by atoms with E-state index < -0.39 is 11.4 Å². The zero-order valence-corrected chi connectivity index (χ0v) is 10.00. The van der Waals surface area contributed by atoms with E-state index in [-0.39, 0.29) is 11.3 Å². The van der Waals surface area contributed by atoms with Crippen LogP contribution in [-0.2, 0) is 0 Å². The fourth-order valence-electron chi connectivity index (χ4n) is 1.44. The van der Waals surface area contributed by atoms with Crippen molar-refractivity contribution in [3.8, 4) is 0 Å². The number of aryl methyl sites for hydroxylation is 1. The molecule has 0 unspecified atom stereocenters. The third-order valence-electron chi connectivity index (χ3n) is 2.33. The van der Waals surface area contributed by atoms with E-state index in [1.807, 2.05) is 6.92 Å². The van der Waals surface area contributed by atoms with Gasteiger partial charge in [0.2, 0.25) is 0 Å². The first kappa shape index (κ1) is 12.4. The number of carboxylic acids is 1. The fourth-order valence-corrected chi connectivity index (χ4v) is 1.44. The minimum absolute atomic E-state index is 0.0746. The Labute approximate surface area is 95.1 Å². The van der Waals surface area contributed by atoms with Gasteiger partial charge in [-0.25, -0.2) is 4.79 Å². The van der Waals surface area contributed by atoms with Gasteiger partial charge in [-0.15, -0.1) is 0 Å². The molecule has 0 fully saturated rings. The number of ketones is 1. The molecular weight excluding hydrogens is 204 g/mol. The summed E-state index contributed by atoms with van der Waals surface area (Å²) in [6, 6.07) is 4.82. The average Bonchev–Trinajstić information content (AvgIpc) is 2.14. The minimum atomic E-state index is -1.06. The first-order valence-corrected chi connectivity index (χ1v) is 5.12. The molecule has 0 aliphatic rings. The van der Waals surface area contributed by atoms with Crippen molar-refractivity contribution in [1.82, 2.24) is 0 Å². The molecule has 16 heavy (non-hydrogen) atoms. The molecule has 0 atom stereocenters. The molecule has 0 saturated heterocycles. The van der Waals surface area contributed by atoms with Gasteiger partial charge < -0.3 is 5.11 Å². The van der Waals surface area contributed by atoms with Crippen LogP contribution in [0.5, 0.6) is 0 Å². The summed E-state index contributed by atoms with van der Waals surface area (Å²) in [4.78, 5) is 23.1. The molecule has 0 saturated carbocycles. The molecule has 1 rings (SSSR count). The Morgan fingerprint density at radius 3 is 2.12 bits per heavy atom. The maximum absolute atomic E-state index is 12.1. The highest BCUT2D eigenvalue weighted by molar-refractivity contribution is 6.08. The number of carboxylic acid groups (broad SMARTS) is 1. The number of carbonyl (C=O) groups is 2. The topological polar surface area (TPSA) is 54.4 Å². The predicted octanol–water partition coefficient (Wildman–Crippen LogP) is 2.92. The molecule has 0 bridgehead atoms. The first-order valence-electron chi connectivity index (χ1n) is 5.12. The molecule has 0 radical (unpaired) electrons. The van der Waals surface area contributed by atoms with Gasteiger partial charge in [0.25, 0.3) is 0 Å². The maximum Gasteiger partial charge on any atom is 0.336 e. The van der Waals surface area contributed by atoms with E-state index in [0.29, 0.717) is 5.56 Å². The summed E-state index contributed by atoms with van der Waals surface area (Å²) in [6.07, 6.45) is 0. The molecule has 0 amide bonds. The second-order valence-corrected chi connectivity index (χ2v) is 4.93. The van der Waals surface area contributed by atoms with Gasteiger partial charge in [-0.05, 0) is 19.1 Å². The molecule has 86 valence electrons. The van der Waals surface area contributed by atoms with Crippen LogP contribution in [0.2, 0.25) is 0 Å². The van der Waals surface area contributed by atoms with Gasteiger partial charge in [0.1, 0.15) is 0 Å². The van der Waals surface area contributed by atoms with E-state index in [4.69, 9.17) is 5.11 Å². The lowest BCUT2D eigenvalue weighted by molar-refractivity contribution is 0.0687. The van der Waals surface area contributed by atoms with Gasteiger partial charge in [0, 0.05) is 11.0 Å². The molecule has 0 aromatic heterocycles. The van der Waals surface area contributed by atoms with E-state index in [2.05, 4.69) is 0 Å². The normalized spacial score (nSPS) is 11.2. The summed E-state index contributed by atoms with van der Waals surface area (Å²) >= 11 is 0. The lowest BCUT2D eigenvalue weighted by Gasteiger charge is -2.18. The van der Waals surface area contributed by atoms with E-state index in [1.165, 1.54) is 6.07 Å². The second kappa shape index (κ2) is 4.08. The molecule has 0 aliphatic carbocycles. The van der Waals surface area contributed by atoms with Gasteiger partial charge in [-0.2, -0.15) is 0 Å². The van der Waals surface area contributed by atoms with Gasteiger partial charge in [0.05, 0.1) is 5.56 Å². The lowest BCUT2D eigenvalue weighted by Crippen LogP contribution is -2.22. The number of hydrogen-bond donors (Lipinski definition) is 1. The highest BCUT2D eigenvalue weighted by Gasteiger charge is 2.26. The molecule has 1 aromatic carbocycles. The Kier molecular flexibility index (Phi) is 3.17. The number of benzene rings is 1. The number of Topliss-reactive ketones (excluding diaryl/α,β-unsaturated/α-hetero) is 1. The Bertz CT molecular complexity index is 439. The van der Waals surface area contributed by atoms with Crippen LogP contribution in [-0.4, -0.2) is 16.9 Å². The lowest BCUT2D eigenvalue weighted by atomic mass is 9.84. The van der Waals surface area contributed by atoms with Crippen molar-refractivity contribution in [2.24, 2.45) is 5.41 Å². The molecule has 1 N–H and O–H groups in total. The molecule has 3 nitrogen and oxygen atoms in total. The number of aromatic carboxylic acids is 1. The van der Waals surface area contributed by atoms with Crippen LogP contribution in [0, 0.1) is 12.3 Å². The average molecular weight is 220 g/mol. The summed E-state index contributed by atoms with van der Waals surface area (Å²) in [5.74, 6) is -1.21. The highest BCUT2D eigenvalue weighted by Crippen LogP contribution is 2.24. The van der Waals surface area contributed by atoms with Crippen LogP contribution in [0.25, 0.3) is 0 Å². The zero-order valence-electron chi connectivity index (χ0n) is 10.00. The van der Waals surface area contributed by atoms with Crippen LogP contribution in [0.3, 0.4) is 0 Å². The monoisotopic (exact) mass is 220 g/mol. The highest BCUT2D eigenvalue weighted by atomic mass is 16.4. The van der Waals surface area contributed by atoms with Crippen LogP contribution < -0.4 is 0 Å². The van der Waals surface area contributed by atoms with Gasteiger partial charge in [-0.3, -0.25) is 4.79 Å². The second-order valence-electron chi connectivity index (χ2n) is 4.93. The van der Waals surface area contributed by atoms with Crippen LogP contribution in [0.4, 0.5) is 0 Å². The Balaban J connectivity index is 3.36. The van der Waals surface area contributed by atoms with Crippen molar-refractivity contribution in [3.05, 3.63) is 34.9 Å². The molecule has 0 spiro atoms. The van der Waals surface area contributed by atoms with Crippen molar-refractivity contribution >= 4 is 11.8 Å². The third-order valence-corrected chi connectivity index (χ3v) is 2.33. The van der Waals surface area contributed by atoms with E-state index in [9.17, 15) is 9.59 Å². The third kappa shape index (κ3) is 2.48. The van der Waals surface area contributed by atoms with Crippen molar-refractivity contribution in [1.29, 1.82) is 0 Å². The molecule has 3 heteroatoms. The number of rotatable bonds is 2. The van der Waals surface area contributed by atoms with Crippen molar-refractivity contribution in [2.45, 2.75) is 27.7 Å². The van der Waals surface area contributed by atoms with Gasteiger partial charge >= 0.3 is 5.97 Å². The Morgan fingerprint density at radius 1 is 1.12 bits per heavy atom. The number of hydrogen-bond acceptors (Lipinski definition) is 2. The van der Waals surface area contributed by atoms with Crippen LogP contribution in [0.1, 0.15) is 47.1 Å². The summed E-state index contributed by atoms with van der Waals surface area (Å²) in [5, 5.41) is 9.02. The Hall–Kier alpha value is -1.64. The zero-order chi connectivity index (χ0) is 12.5. The maximum atomic E-state index is 12.1. The molecule has 0 heterocycles. The Morgan fingerprint density at radius 2 is 1.69 bits per heavy atom. The standard InChI is InChI=1S/C13H16O3/c1-8-5-6-9(12(15)16)10(7-8)11(14)13(2,3)4/h5-7H,1-4H3,(H,15,16). The first-order chi connectivity index (χ1) is 7.23. The summed E-state index contributed by atoms with van der Waals surface area (Å²) < 4.78 is 0. The fraction of sp³-hybridized carbons (Fsp3) is 0.385. The van der Waals surface area contributed by atoms with Crippen molar-refractivity contribution in [2.75, 3.05) is 0 Å². The van der Waals surface area contributed by atoms with Crippen molar-refractivity contribution < 1.29 is 14.7 Å². The minimum Gasteiger partial charge on any atom is -0.478 e. The summed E-state index contributed by atoms with van der Waals surface area (Å²) in [5.41, 5.74) is 0.681. The largest absolute Gasteiger partial charge is 0.478 e. The molecule has 0 aliphatic heterocycles. The summed E-state index contributed by atoms with van der Waals surface area (Å²) in [7, 11) is 0. The van der Waals surface area contributed by atoms with Crippen molar-refractivity contribution in [3.63, 3.8) is 0 Å². The number of carbonyl (C=O) groups excluding carboxylic acids is 1. The predicted molar refractivity (Wildman–Crippen MR) is 61.9 cm³/mol. The summed E-state index contributed by atoms with van der Waals surface area (Å²) in [6.45, 7) is 7.18. The SMILES string of the molecule is Cc1ccc(C(=O)O)c(C(=O)C(C)(C)C)c1. The smallest absolute Gasteiger partial charge is 0.336 e. The quantitative estimate of drug-likeness (QED) is 0.779. The van der Waals surface area contributed by atoms with Crippen LogP contribution >= 0.6 is 0 Å². The van der Waals surface area contributed by atoms with E-state index in [1.54, 1.807) is 32.9 Å².